The van der Waals surface area contributed by atoms with Gasteiger partial charge >= 0.3 is 0 Å². The highest BCUT2D eigenvalue weighted by molar-refractivity contribution is 6.52. The zero-order chi connectivity index (χ0) is 14.1. The van der Waals surface area contributed by atoms with Crippen LogP contribution in [-0.2, 0) is 9.59 Å². The van der Waals surface area contributed by atoms with Crippen LogP contribution in [0.15, 0.2) is 35.5 Å². The van der Waals surface area contributed by atoms with E-state index in [1.54, 1.807) is 6.20 Å². The van der Waals surface area contributed by atoms with Gasteiger partial charge in [-0.05, 0) is 11.6 Å². The van der Waals surface area contributed by atoms with E-state index < -0.39 is 11.8 Å². The summed E-state index contributed by atoms with van der Waals surface area (Å²) in [5, 5.41) is 3.23. The molecule has 1 aliphatic rings. The van der Waals surface area contributed by atoms with Crippen LogP contribution < -0.4 is 11.1 Å². The fraction of sp³-hybridized carbons (Fsp3) is 0.214. The quantitative estimate of drug-likeness (QED) is 0.699. The summed E-state index contributed by atoms with van der Waals surface area (Å²) in [6, 6.07) is 7.64. The summed E-state index contributed by atoms with van der Waals surface area (Å²) in [6.45, 7) is 0.667. The maximum atomic E-state index is 12.0. The molecule has 2 aromatic rings. The van der Waals surface area contributed by atoms with Crippen LogP contribution in [-0.4, -0.2) is 35.6 Å². The number of imide groups is 1. The molecule has 6 nitrogen and oxygen atoms in total. The molecule has 1 aromatic carbocycles. The van der Waals surface area contributed by atoms with Crippen molar-refractivity contribution in [2.75, 3.05) is 13.1 Å². The molecule has 1 atom stereocenters. The van der Waals surface area contributed by atoms with Crippen LogP contribution in [0, 0.1) is 0 Å². The van der Waals surface area contributed by atoms with E-state index in [9.17, 15) is 9.59 Å². The lowest BCUT2D eigenvalue weighted by molar-refractivity contribution is -0.124. The first kappa shape index (κ1) is 12.6. The molecule has 3 rings (SSSR count). The summed E-state index contributed by atoms with van der Waals surface area (Å²) in [5.74, 6) is -1.43. The third-order valence-electron chi connectivity index (χ3n) is 3.35. The topological polar surface area (TPSA) is 100 Å². The van der Waals surface area contributed by atoms with E-state index in [-0.39, 0.29) is 11.6 Å². The van der Waals surface area contributed by atoms with Crippen LogP contribution in [0.3, 0.4) is 0 Å². The van der Waals surface area contributed by atoms with Gasteiger partial charge in [0.25, 0.3) is 5.91 Å². The number of hydrogen-bond acceptors (Lipinski definition) is 4. The Balaban J connectivity index is 2.11. The summed E-state index contributed by atoms with van der Waals surface area (Å²) in [7, 11) is 0. The Morgan fingerprint density at radius 2 is 2.05 bits per heavy atom. The number of fused-ring (bicyclic) bond motifs is 1. The normalized spacial score (nSPS) is 20.9. The second-order valence-electron chi connectivity index (χ2n) is 4.60. The van der Waals surface area contributed by atoms with Gasteiger partial charge in [0.05, 0.1) is 6.54 Å². The van der Waals surface area contributed by atoms with E-state index in [0.29, 0.717) is 13.1 Å². The van der Waals surface area contributed by atoms with E-state index >= 15 is 0 Å². The van der Waals surface area contributed by atoms with Gasteiger partial charge in [-0.25, -0.2) is 0 Å². The number of aromatic amines is 1. The number of amides is 2. The van der Waals surface area contributed by atoms with E-state index in [2.05, 4.69) is 15.3 Å². The summed E-state index contributed by atoms with van der Waals surface area (Å²) < 4.78 is 0. The van der Waals surface area contributed by atoms with Crippen LogP contribution in [0.4, 0.5) is 0 Å². The molecule has 2 amide bonds. The highest BCUT2D eigenvalue weighted by Gasteiger charge is 2.40. The van der Waals surface area contributed by atoms with E-state index in [1.807, 2.05) is 24.3 Å². The molecule has 0 bridgehead atoms. The van der Waals surface area contributed by atoms with Crippen LogP contribution in [0.5, 0.6) is 0 Å². The van der Waals surface area contributed by atoms with Crippen molar-refractivity contribution in [3.8, 4) is 0 Å². The van der Waals surface area contributed by atoms with Crippen molar-refractivity contribution in [3.63, 3.8) is 0 Å². The van der Waals surface area contributed by atoms with Gasteiger partial charge < -0.3 is 10.7 Å². The maximum absolute atomic E-state index is 12.0. The molecule has 0 aliphatic carbocycles. The van der Waals surface area contributed by atoms with Crippen LogP contribution >= 0.6 is 0 Å². The third kappa shape index (κ3) is 1.90. The lowest BCUT2D eigenvalue weighted by Gasteiger charge is -2.06. The molecule has 1 aromatic heterocycles. The zero-order valence-corrected chi connectivity index (χ0v) is 10.7. The number of nitrogens with one attached hydrogen (secondary N) is 2. The molecule has 0 spiro atoms. The van der Waals surface area contributed by atoms with Crippen LogP contribution in [0.2, 0.25) is 0 Å². The minimum atomic E-state index is -0.662. The van der Waals surface area contributed by atoms with Crippen molar-refractivity contribution < 1.29 is 9.59 Å². The molecule has 1 saturated heterocycles. The minimum Gasteiger partial charge on any atom is -0.361 e. The van der Waals surface area contributed by atoms with Gasteiger partial charge in [0.1, 0.15) is 11.6 Å². The van der Waals surface area contributed by atoms with E-state index in [0.717, 1.165) is 16.5 Å². The Bertz CT molecular complexity index is 717. The van der Waals surface area contributed by atoms with Crippen molar-refractivity contribution >= 4 is 28.4 Å². The number of rotatable bonds is 3. The second-order valence-corrected chi connectivity index (χ2v) is 4.60. The van der Waals surface area contributed by atoms with Crippen molar-refractivity contribution in [1.29, 1.82) is 0 Å². The highest BCUT2D eigenvalue weighted by atomic mass is 16.2. The Morgan fingerprint density at radius 1 is 1.25 bits per heavy atom. The monoisotopic (exact) mass is 270 g/mol. The van der Waals surface area contributed by atoms with Crippen molar-refractivity contribution in [2.24, 2.45) is 10.7 Å². The standard InChI is InChI=1S/C14H14N4O2/c15-5-6-16-12-11(13(19)18-14(12)20)9-7-17-10-4-2-1-3-8(9)10/h1-4,7,11,17H,5-6,15H2,(H,18,19,20). The van der Waals surface area contributed by atoms with Gasteiger partial charge in [0, 0.05) is 23.6 Å². The first-order chi connectivity index (χ1) is 9.72. The minimum absolute atomic E-state index is 0.241. The predicted molar refractivity (Wildman–Crippen MR) is 75.5 cm³/mol. The van der Waals surface area contributed by atoms with Crippen molar-refractivity contribution in [3.05, 3.63) is 36.0 Å². The number of para-hydroxylation sites is 1. The van der Waals surface area contributed by atoms with Gasteiger partial charge in [-0.1, -0.05) is 18.2 Å². The second kappa shape index (κ2) is 4.90. The Morgan fingerprint density at radius 3 is 2.85 bits per heavy atom. The predicted octanol–water partition coefficient (Wildman–Crippen LogP) is 0.308. The van der Waals surface area contributed by atoms with Gasteiger partial charge in [-0.15, -0.1) is 0 Å². The lowest BCUT2D eigenvalue weighted by Crippen LogP contribution is -2.22. The molecule has 102 valence electrons. The number of aliphatic imine (C=N–C) groups is 1. The van der Waals surface area contributed by atoms with Crippen molar-refractivity contribution in [2.45, 2.75) is 5.92 Å². The molecule has 1 unspecified atom stereocenters. The summed E-state index contributed by atoms with van der Waals surface area (Å²) in [6.07, 6.45) is 1.76. The molecular weight excluding hydrogens is 256 g/mol. The van der Waals surface area contributed by atoms with Gasteiger partial charge in [-0.3, -0.25) is 19.9 Å². The summed E-state index contributed by atoms with van der Waals surface area (Å²) in [5.41, 5.74) is 7.34. The molecule has 6 heteroatoms. The lowest BCUT2D eigenvalue weighted by atomic mass is 9.95. The Kier molecular flexibility index (Phi) is 3.08. The van der Waals surface area contributed by atoms with Crippen molar-refractivity contribution in [1.82, 2.24) is 10.3 Å². The Labute approximate surface area is 115 Å². The average Bonchev–Trinajstić information content (AvgIpc) is 2.97. The van der Waals surface area contributed by atoms with E-state index in [1.165, 1.54) is 0 Å². The smallest absolute Gasteiger partial charge is 0.272 e. The molecule has 4 N–H and O–H groups in total. The number of carbonyl (C=O) groups is 2. The molecule has 0 saturated carbocycles. The Hall–Kier alpha value is -2.47. The first-order valence-corrected chi connectivity index (χ1v) is 6.38. The van der Waals surface area contributed by atoms with Gasteiger partial charge in [-0.2, -0.15) is 0 Å². The SMILES string of the molecule is NCCN=C1C(=O)NC(=O)C1c1c[nH]c2ccccc12. The third-order valence-corrected chi connectivity index (χ3v) is 3.35. The molecule has 0 radical (unpaired) electrons. The zero-order valence-electron chi connectivity index (χ0n) is 10.7. The molecule has 2 heterocycles. The van der Waals surface area contributed by atoms with E-state index in [4.69, 9.17) is 5.73 Å². The molecule has 20 heavy (non-hydrogen) atoms. The summed E-state index contributed by atoms with van der Waals surface area (Å²) in [4.78, 5) is 31.1. The first-order valence-electron chi connectivity index (χ1n) is 6.38. The molecular formula is C14H14N4O2. The number of H-pyrrole nitrogens is 1. The molecule has 1 aliphatic heterocycles. The van der Waals surface area contributed by atoms with Crippen LogP contribution in [0.1, 0.15) is 11.5 Å². The van der Waals surface area contributed by atoms with Gasteiger partial charge in [0.15, 0.2) is 0 Å². The largest absolute Gasteiger partial charge is 0.361 e. The number of hydrogen-bond donors (Lipinski definition) is 3. The number of nitrogens with zero attached hydrogens (tertiary/aromatic N) is 1. The number of carbonyl (C=O) groups excluding carboxylic acids is 2. The average molecular weight is 270 g/mol. The fourth-order valence-electron chi connectivity index (χ4n) is 2.47. The van der Waals surface area contributed by atoms with Gasteiger partial charge in [0.2, 0.25) is 5.91 Å². The summed E-state index contributed by atoms with van der Waals surface area (Å²) >= 11 is 0. The highest BCUT2D eigenvalue weighted by Crippen LogP contribution is 2.29. The van der Waals surface area contributed by atoms with Crippen LogP contribution in [0.25, 0.3) is 10.9 Å². The molecule has 1 fully saturated rings. The number of benzene rings is 1. The number of nitrogens with two attached hydrogens (primary N) is 1. The maximum Gasteiger partial charge on any atom is 0.272 e. The fourth-order valence-corrected chi connectivity index (χ4v) is 2.47. The number of aromatic nitrogens is 1.